The van der Waals surface area contributed by atoms with Crippen LogP contribution in [0.5, 0.6) is 0 Å². The number of aromatic nitrogens is 2. The van der Waals surface area contributed by atoms with Crippen molar-refractivity contribution >= 4 is 11.8 Å². The van der Waals surface area contributed by atoms with Crippen molar-refractivity contribution in [1.29, 1.82) is 0 Å². The molecule has 0 fully saturated rings. The molecule has 0 amide bonds. The van der Waals surface area contributed by atoms with Crippen molar-refractivity contribution in [2.45, 2.75) is 19.9 Å². The van der Waals surface area contributed by atoms with E-state index < -0.39 is 0 Å². The first-order chi connectivity index (χ1) is 11.8. The molecule has 0 unspecified atom stereocenters. The first kappa shape index (κ1) is 16.0. The van der Waals surface area contributed by atoms with Crippen LogP contribution >= 0.6 is 0 Å². The Morgan fingerprint density at radius 1 is 0.875 bits per heavy atom. The van der Waals surface area contributed by atoms with Gasteiger partial charge in [-0.1, -0.05) is 54.6 Å². The summed E-state index contributed by atoms with van der Waals surface area (Å²) >= 11 is 0. The summed E-state index contributed by atoms with van der Waals surface area (Å²) in [4.78, 5) is 8.80. The van der Waals surface area contributed by atoms with E-state index in [4.69, 9.17) is 0 Å². The van der Waals surface area contributed by atoms with E-state index in [1.54, 1.807) is 6.20 Å². The maximum Gasteiger partial charge on any atom is 0.224 e. The maximum absolute atomic E-state index is 4.52. The highest BCUT2D eigenvalue weighted by Gasteiger charge is 2.01. The lowest BCUT2D eigenvalue weighted by Gasteiger charge is -2.10. The van der Waals surface area contributed by atoms with E-state index in [1.165, 1.54) is 16.7 Å². The van der Waals surface area contributed by atoms with Gasteiger partial charge >= 0.3 is 0 Å². The molecule has 2 N–H and O–H groups in total. The summed E-state index contributed by atoms with van der Waals surface area (Å²) in [5.74, 6) is 1.48. The highest BCUT2D eigenvalue weighted by atomic mass is 15.1. The van der Waals surface area contributed by atoms with Gasteiger partial charge < -0.3 is 10.6 Å². The predicted molar refractivity (Wildman–Crippen MR) is 99.2 cm³/mol. The van der Waals surface area contributed by atoms with Gasteiger partial charge in [0.1, 0.15) is 5.82 Å². The molecule has 0 saturated heterocycles. The molecule has 2 aromatic carbocycles. The number of aryl methyl sites for hydroxylation is 1. The number of rotatable bonds is 7. The number of benzene rings is 2. The fraction of sp³-hybridized carbons (Fsp3) is 0.200. The van der Waals surface area contributed by atoms with Crippen LogP contribution < -0.4 is 10.6 Å². The second kappa shape index (κ2) is 8.11. The Balaban J connectivity index is 1.53. The molecule has 0 atom stereocenters. The fourth-order valence-corrected chi connectivity index (χ4v) is 2.50. The van der Waals surface area contributed by atoms with E-state index in [0.717, 1.165) is 25.3 Å². The minimum absolute atomic E-state index is 0.653. The monoisotopic (exact) mass is 318 g/mol. The fourth-order valence-electron chi connectivity index (χ4n) is 2.50. The molecule has 0 saturated carbocycles. The highest BCUT2D eigenvalue weighted by Crippen LogP contribution is 2.11. The normalized spacial score (nSPS) is 10.4. The summed E-state index contributed by atoms with van der Waals surface area (Å²) in [6.07, 6.45) is 2.73. The van der Waals surface area contributed by atoms with E-state index in [1.807, 2.05) is 12.1 Å². The van der Waals surface area contributed by atoms with Crippen molar-refractivity contribution in [3.05, 3.63) is 83.6 Å². The van der Waals surface area contributed by atoms with Gasteiger partial charge in [-0.3, -0.25) is 0 Å². The zero-order chi connectivity index (χ0) is 16.6. The Labute approximate surface area is 143 Å². The van der Waals surface area contributed by atoms with Gasteiger partial charge in [0.2, 0.25) is 5.95 Å². The molecule has 1 aromatic heterocycles. The smallest absolute Gasteiger partial charge is 0.224 e. The van der Waals surface area contributed by atoms with E-state index in [2.05, 4.69) is 76.1 Å². The Bertz CT molecular complexity index is 771. The van der Waals surface area contributed by atoms with Crippen LogP contribution in [0.15, 0.2) is 66.9 Å². The van der Waals surface area contributed by atoms with Crippen LogP contribution in [-0.4, -0.2) is 16.5 Å². The summed E-state index contributed by atoms with van der Waals surface area (Å²) < 4.78 is 0. The van der Waals surface area contributed by atoms with Crippen LogP contribution in [0.25, 0.3) is 0 Å². The molecule has 4 heteroatoms. The first-order valence-corrected chi connectivity index (χ1v) is 8.20. The van der Waals surface area contributed by atoms with Gasteiger partial charge in [0.25, 0.3) is 0 Å². The molecule has 0 spiro atoms. The van der Waals surface area contributed by atoms with Crippen LogP contribution in [0.4, 0.5) is 11.8 Å². The van der Waals surface area contributed by atoms with E-state index in [0.29, 0.717) is 5.95 Å². The molecule has 24 heavy (non-hydrogen) atoms. The van der Waals surface area contributed by atoms with Gasteiger partial charge in [-0.15, -0.1) is 0 Å². The molecule has 4 nitrogen and oxygen atoms in total. The quantitative estimate of drug-likeness (QED) is 0.690. The number of hydrogen-bond acceptors (Lipinski definition) is 4. The maximum atomic E-state index is 4.52. The summed E-state index contributed by atoms with van der Waals surface area (Å²) in [5.41, 5.74) is 3.86. The Morgan fingerprint density at radius 2 is 1.67 bits per heavy atom. The standard InChI is InChI=1S/C20H22N4/c1-16-7-5-6-10-18(16)15-23-19-12-14-22-20(24-19)21-13-11-17-8-3-2-4-9-17/h2-10,12,14H,11,13,15H2,1H3,(H2,21,22,23,24). The summed E-state index contributed by atoms with van der Waals surface area (Å²) in [5, 5.41) is 6.64. The van der Waals surface area contributed by atoms with Crippen LogP contribution in [0.2, 0.25) is 0 Å². The largest absolute Gasteiger partial charge is 0.366 e. The Morgan fingerprint density at radius 3 is 2.50 bits per heavy atom. The van der Waals surface area contributed by atoms with Crippen molar-refractivity contribution < 1.29 is 0 Å². The Hall–Kier alpha value is -2.88. The first-order valence-electron chi connectivity index (χ1n) is 8.20. The topological polar surface area (TPSA) is 49.8 Å². The molecule has 3 aromatic rings. The molecule has 122 valence electrons. The zero-order valence-electron chi connectivity index (χ0n) is 13.9. The van der Waals surface area contributed by atoms with Crippen molar-refractivity contribution in [2.24, 2.45) is 0 Å². The molecule has 0 radical (unpaired) electrons. The minimum Gasteiger partial charge on any atom is -0.366 e. The number of nitrogens with zero attached hydrogens (tertiary/aromatic N) is 2. The predicted octanol–water partition coefficient (Wildman–Crippen LogP) is 4.05. The summed E-state index contributed by atoms with van der Waals surface area (Å²) in [7, 11) is 0. The van der Waals surface area contributed by atoms with Crippen molar-refractivity contribution in [1.82, 2.24) is 9.97 Å². The van der Waals surface area contributed by atoms with Gasteiger partial charge in [0.15, 0.2) is 0 Å². The average Bonchev–Trinajstić information content (AvgIpc) is 2.62. The third-order valence-electron chi connectivity index (χ3n) is 3.92. The van der Waals surface area contributed by atoms with Crippen LogP contribution in [-0.2, 0) is 13.0 Å². The third-order valence-corrected chi connectivity index (χ3v) is 3.92. The lowest BCUT2D eigenvalue weighted by Crippen LogP contribution is -2.09. The average molecular weight is 318 g/mol. The zero-order valence-corrected chi connectivity index (χ0v) is 13.9. The molecular formula is C20H22N4. The summed E-state index contributed by atoms with van der Waals surface area (Å²) in [6, 6.07) is 20.6. The van der Waals surface area contributed by atoms with Gasteiger partial charge in [-0.25, -0.2) is 4.98 Å². The lowest BCUT2D eigenvalue weighted by molar-refractivity contribution is 0.979. The molecule has 0 aliphatic rings. The van der Waals surface area contributed by atoms with Crippen molar-refractivity contribution in [3.63, 3.8) is 0 Å². The lowest BCUT2D eigenvalue weighted by atomic mass is 10.1. The second-order valence-corrected chi connectivity index (χ2v) is 5.71. The van der Waals surface area contributed by atoms with Crippen LogP contribution in [0, 0.1) is 6.92 Å². The van der Waals surface area contributed by atoms with E-state index in [9.17, 15) is 0 Å². The molecule has 0 aliphatic heterocycles. The van der Waals surface area contributed by atoms with Crippen molar-refractivity contribution in [2.75, 3.05) is 17.2 Å². The Kier molecular flexibility index (Phi) is 5.40. The van der Waals surface area contributed by atoms with Gasteiger partial charge in [0, 0.05) is 19.3 Å². The molecule has 0 bridgehead atoms. The molecule has 1 heterocycles. The third kappa shape index (κ3) is 4.56. The van der Waals surface area contributed by atoms with Gasteiger partial charge in [-0.2, -0.15) is 4.98 Å². The molecular weight excluding hydrogens is 296 g/mol. The highest BCUT2D eigenvalue weighted by molar-refractivity contribution is 5.41. The van der Waals surface area contributed by atoms with E-state index in [-0.39, 0.29) is 0 Å². The van der Waals surface area contributed by atoms with E-state index >= 15 is 0 Å². The van der Waals surface area contributed by atoms with Crippen LogP contribution in [0.1, 0.15) is 16.7 Å². The second-order valence-electron chi connectivity index (χ2n) is 5.71. The van der Waals surface area contributed by atoms with Gasteiger partial charge in [-0.05, 0) is 36.1 Å². The van der Waals surface area contributed by atoms with Crippen LogP contribution in [0.3, 0.4) is 0 Å². The number of nitrogens with one attached hydrogen (secondary N) is 2. The van der Waals surface area contributed by atoms with Crippen molar-refractivity contribution in [3.8, 4) is 0 Å². The number of hydrogen-bond donors (Lipinski definition) is 2. The SMILES string of the molecule is Cc1ccccc1CNc1ccnc(NCCc2ccccc2)n1. The molecule has 3 rings (SSSR count). The van der Waals surface area contributed by atoms with Gasteiger partial charge in [0.05, 0.1) is 0 Å². The molecule has 0 aliphatic carbocycles. The minimum atomic E-state index is 0.653. The summed E-state index contributed by atoms with van der Waals surface area (Å²) in [6.45, 7) is 3.69. The number of anilines is 2.